The maximum atomic E-state index is 11.0. The van der Waals surface area contributed by atoms with Gasteiger partial charge in [0, 0.05) is 24.0 Å². The molecule has 1 N–H and O–H groups in total. The molecule has 0 bridgehead atoms. The molecule has 0 saturated carbocycles. The lowest BCUT2D eigenvalue weighted by Gasteiger charge is -2.17. The second kappa shape index (κ2) is 6.66. The van der Waals surface area contributed by atoms with Crippen molar-refractivity contribution in [3.05, 3.63) is 44.8 Å². The van der Waals surface area contributed by atoms with E-state index in [1.165, 1.54) is 22.7 Å². The fraction of sp³-hybridized carbons (Fsp3) is 0.250. The minimum Gasteiger partial charge on any atom is -0.388 e. The molecular formula is C12H14O3S2. The van der Waals surface area contributed by atoms with Gasteiger partial charge >= 0.3 is 0 Å². The number of methoxy groups -OCH3 is 1. The van der Waals surface area contributed by atoms with Crippen molar-refractivity contribution < 1.29 is 14.6 Å². The SMILES string of the molecule is COC.O=CC(O)(c1cccs1)c1cccs1. The van der Waals surface area contributed by atoms with Crippen molar-refractivity contribution in [1.82, 2.24) is 0 Å². The summed E-state index contributed by atoms with van der Waals surface area (Å²) in [7, 11) is 3.25. The van der Waals surface area contributed by atoms with Crippen molar-refractivity contribution in [1.29, 1.82) is 0 Å². The standard InChI is InChI=1S/C10H8O2S2.C2H6O/c11-7-10(12,8-3-1-5-13-8)9-4-2-6-14-9;1-3-2/h1-7,12H;1-2H3. The average molecular weight is 270 g/mol. The van der Waals surface area contributed by atoms with Crippen molar-refractivity contribution in [3.63, 3.8) is 0 Å². The summed E-state index contributed by atoms with van der Waals surface area (Å²) in [6.07, 6.45) is 0.588. The van der Waals surface area contributed by atoms with Gasteiger partial charge in [-0.1, -0.05) is 12.1 Å². The summed E-state index contributed by atoms with van der Waals surface area (Å²) < 4.78 is 4.25. The van der Waals surface area contributed by atoms with Gasteiger partial charge in [0.25, 0.3) is 0 Å². The van der Waals surface area contributed by atoms with Crippen LogP contribution in [0.1, 0.15) is 9.75 Å². The molecule has 0 aliphatic heterocycles. The number of aliphatic hydroxyl groups is 1. The van der Waals surface area contributed by atoms with E-state index in [4.69, 9.17) is 0 Å². The molecule has 2 aromatic heterocycles. The van der Waals surface area contributed by atoms with Crippen LogP contribution in [0, 0.1) is 0 Å². The first kappa shape index (κ1) is 14.1. The number of thiophene rings is 2. The third-order valence-corrected chi connectivity index (χ3v) is 3.95. The minimum absolute atomic E-state index is 0.588. The van der Waals surface area contributed by atoms with Gasteiger partial charge in [-0.2, -0.15) is 0 Å². The monoisotopic (exact) mass is 270 g/mol. The van der Waals surface area contributed by atoms with Crippen molar-refractivity contribution >= 4 is 29.0 Å². The highest BCUT2D eigenvalue weighted by molar-refractivity contribution is 7.12. The first-order valence-corrected chi connectivity index (χ1v) is 6.61. The molecule has 2 aromatic rings. The zero-order valence-corrected chi connectivity index (χ0v) is 11.3. The van der Waals surface area contributed by atoms with Crippen LogP contribution < -0.4 is 0 Å². The Morgan fingerprint density at radius 2 is 1.59 bits per heavy atom. The number of carbonyl (C=O) groups excluding carboxylic acids is 1. The molecule has 0 aliphatic rings. The van der Waals surface area contributed by atoms with Crippen LogP contribution in [0.2, 0.25) is 0 Å². The van der Waals surface area contributed by atoms with E-state index in [0.717, 1.165) is 0 Å². The van der Waals surface area contributed by atoms with Crippen molar-refractivity contribution in [2.45, 2.75) is 5.60 Å². The second-order valence-corrected chi connectivity index (χ2v) is 5.14. The van der Waals surface area contributed by atoms with Crippen molar-refractivity contribution in [3.8, 4) is 0 Å². The van der Waals surface area contributed by atoms with Gasteiger partial charge in [-0.25, -0.2) is 0 Å². The van der Waals surface area contributed by atoms with E-state index >= 15 is 0 Å². The molecule has 0 spiro atoms. The Hall–Kier alpha value is -1.01. The molecule has 2 heterocycles. The van der Waals surface area contributed by atoms with Gasteiger partial charge in [0.2, 0.25) is 0 Å². The predicted molar refractivity (Wildman–Crippen MR) is 70.6 cm³/mol. The van der Waals surface area contributed by atoms with Crippen LogP contribution in [0.3, 0.4) is 0 Å². The number of hydrogen-bond acceptors (Lipinski definition) is 5. The zero-order valence-electron chi connectivity index (χ0n) is 9.62. The molecular weight excluding hydrogens is 256 g/mol. The Kier molecular flexibility index (Phi) is 5.50. The normalized spacial score (nSPS) is 10.5. The average Bonchev–Trinajstić information content (AvgIpc) is 3.02. The number of hydrogen-bond donors (Lipinski definition) is 1. The van der Waals surface area contributed by atoms with Gasteiger partial charge in [-0.15, -0.1) is 22.7 Å². The molecule has 17 heavy (non-hydrogen) atoms. The van der Waals surface area contributed by atoms with Crippen molar-refractivity contribution in [2.75, 3.05) is 14.2 Å². The lowest BCUT2D eigenvalue weighted by atomic mass is 10.0. The molecule has 0 atom stereocenters. The Labute approximate surface area is 108 Å². The molecule has 0 amide bonds. The molecule has 92 valence electrons. The lowest BCUT2D eigenvalue weighted by Crippen LogP contribution is -2.26. The zero-order chi connectivity index (χ0) is 12.7. The van der Waals surface area contributed by atoms with Crippen LogP contribution in [0.15, 0.2) is 35.0 Å². The van der Waals surface area contributed by atoms with Gasteiger partial charge in [0.05, 0.1) is 0 Å². The molecule has 0 aromatic carbocycles. The molecule has 5 heteroatoms. The fourth-order valence-electron chi connectivity index (χ4n) is 1.23. The van der Waals surface area contributed by atoms with E-state index < -0.39 is 5.60 Å². The summed E-state index contributed by atoms with van der Waals surface area (Å²) in [4.78, 5) is 12.3. The smallest absolute Gasteiger partial charge is 0.189 e. The van der Waals surface area contributed by atoms with E-state index in [9.17, 15) is 9.90 Å². The van der Waals surface area contributed by atoms with Gasteiger partial charge in [-0.05, 0) is 22.9 Å². The second-order valence-electron chi connectivity index (χ2n) is 3.25. The first-order valence-electron chi connectivity index (χ1n) is 4.85. The highest BCUT2D eigenvalue weighted by atomic mass is 32.1. The summed E-state index contributed by atoms with van der Waals surface area (Å²) >= 11 is 2.76. The van der Waals surface area contributed by atoms with Crippen LogP contribution in [0.5, 0.6) is 0 Å². The van der Waals surface area contributed by atoms with Crippen LogP contribution >= 0.6 is 22.7 Å². The van der Waals surface area contributed by atoms with Crippen LogP contribution in [0.25, 0.3) is 0 Å². The maximum absolute atomic E-state index is 11.0. The van der Waals surface area contributed by atoms with E-state index in [0.29, 0.717) is 16.0 Å². The largest absolute Gasteiger partial charge is 0.388 e. The highest BCUT2D eigenvalue weighted by Crippen LogP contribution is 2.33. The number of carbonyl (C=O) groups is 1. The van der Waals surface area contributed by atoms with Crippen LogP contribution in [0.4, 0.5) is 0 Å². The summed E-state index contributed by atoms with van der Waals surface area (Å²) in [5.74, 6) is 0. The number of aldehydes is 1. The summed E-state index contributed by atoms with van der Waals surface area (Å²) in [6, 6.07) is 7.17. The molecule has 2 rings (SSSR count). The number of ether oxygens (including phenoxy) is 1. The quantitative estimate of drug-likeness (QED) is 0.872. The molecule has 0 saturated heterocycles. The number of rotatable bonds is 3. The third kappa shape index (κ3) is 3.23. The van der Waals surface area contributed by atoms with Crippen LogP contribution in [-0.2, 0) is 15.1 Å². The summed E-state index contributed by atoms with van der Waals surface area (Å²) in [6.45, 7) is 0. The fourth-order valence-corrected chi connectivity index (χ4v) is 2.89. The molecule has 0 aliphatic carbocycles. The summed E-state index contributed by atoms with van der Waals surface area (Å²) in [5.41, 5.74) is -1.46. The Morgan fingerprint density at radius 3 is 1.82 bits per heavy atom. The molecule has 0 unspecified atom stereocenters. The van der Waals surface area contributed by atoms with E-state index in [1.54, 1.807) is 26.4 Å². The summed E-state index contributed by atoms with van der Waals surface area (Å²) in [5, 5.41) is 13.9. The van der Waals surface area contributed by atoms with Gasteiger partial charge < -0.3 is 9.84 Å². The molecule has 3 nitrogen and oxygen atoms in total. The minimum atomic E-state index is -1.46. The predicted octanol–water partition coefficient (Wildman–Crippen LogP) is 2.51. The maximum Gasteiger partial charge on any atom is 0.189 e. The van der Waals surface area contributed by atoms with E-state index in [-0.39, 0.29) is 0 Å². The Morgan fingerprint density at radius 1 is 1.18 bits per heavy atom. The Bertz CT molecular complexity index is 386. The van der Waals surface area contributed by atoms with E-state index in [1.807, 2.05) is 22.9 Å². The molecule has 0 radical (unpaired) electrons. The molecule has 0 fully saturated rings. The lowest BCUT2D eigenvalue weighted by molar-refractivity contribution is -0.120. The van der Waals surface area contributed by atoms with Gasteiger partial charge in [0.15, 0.2) is 11.9 Å². The van der Waals surface area contributed by atoms with Gasteiger partial charge in [0.1, 0.15) is 0 Å². The first-order chi connectivity index (χ1) is 8.19. The van der Waals surface area contributed by atoms with Crippen LogP contribution in [-0.4, -0.2) is 25.6 Å². The highest BCUT2D eigenvalue weighted by Gasteiger charge is 2.33. The third-order valence-electron chi connectivity index (χ3n) is 1.96. The van der Waals surface area contributed by atoms with Crippen molar-refractivity contribution in [2.24, 2.45) is 0 Å². The van der Waals surface area contributed by atoms with E-state index in [2.05, 4.69) is 4.74 Å². The van der Waals surface area contributed by atoms with Gasteiger partial charge in [-0.3, -0.25) is 4.79 Å². The Balaban J connectivity index is 0.000000437. The topological polar surface area (TPSA) is 46.5 Å².